The summed E-state index contributed by atoms with van der Waals surface area (Å²) in [6, 6.07) is 22.7. The van der Waals surface area contributed by atoms with Crippen molar-refractivity contribution in [2.45, 2.75) is 84.5 Å². The normalized spacial score (nSPS) is 14.7. The van der Waals surface area contributed by atoms with E-state index in [1.54, 1.807) is 29.1 Å². The number of fused-ring (bicyclic) bond motifs is 2. The number of benzene rings is 3. The third kappa shape index (κ3) is 19.5. The minimum Gasteiger partial charge on any atom is -0.489 e. The van der Waals surface area contributed by atoms with Gasteiger partial charge in [-0.1, -0.05) is 55.8 Å². The maximum atomic E-state index is 13.4. The molecule has 19 nitrogen and oxygen atoms in total. The predicted octanol–water partition coefficient (Wildman–Crippen LogP) is 2.97. The van der Waals surface area contributed by atoms with Gasteiger partial charge >= 0.3 is 35.7 Å². The van der Waals surface area contributed by atoms with Crippen LogP contribution in [0.4, 0.5) is 18.9 Å². The first-order valence-corrected chi connectivity index (χ1v) is 25.4. The number of amides is 3. The van der Waals surface area contributed by atoms with Crippen LogP contribution in [0.15, 0.2) is 83.6 Å². The number of hydrogen-bond acceptors (Lipinski definition) is 14. The second kappa shape index (κ2) is 31.5. The van der Waals surface area contributed by atoms with E-state index in [1.807, 2.05) is 62.2 Å². The molecule has 1 unspecified atom stereocenters. The van der Waals surface area contributed by atoms with Crippen LogP contribution in [-0.4, -0.2) is 145 Å². The fourth-order valence-corrected chi connectivity index (χ4v) is 8.62. The summed E-state index contributed by atoms with van der Waals surface area (Å²) in [6.07, 6.45) is 3.48. The number of aliphatic hydroxyl groups is 1. The van der Waals surface area contributed by atoms with Gasteiger partial charge in [-0.15, -0.1) is 35.7 Å². The van der Waals surface area contributed by atoms with Crippen LogP contribution in [0.2, 0.25) is 0 Å². The van der Waals surface area contributed by atoms with Gasteiger partial charge in [-0.2, -0.15) is 23.3 Å². The first kappa shape index (κ1) is 62.0. The topological polar surface area (TPSA) is 213 Å². The van der Waals surface area contributed by atoms with E-state index in [0.29, 0.717) is 57.0 Å². The van der Waals surface area contributed by atoms with Crippen molar-refractivity contribution in [1.82, 2.24) is 45.3 Å². The molecule has 6 aromatic rings. The number of carbonyl (C=O) groups excluding carboxylic acids is 3. The first-order chi connectivity index (χ1) is 36.7. The molecule has 5 heterocycles. The Labute approximate surface area is 469 Å². The summed E-state index contributed by atoms with van der Waals surface area (Å²) in [5, 5.41) is 24.0. The Kier molecular flexibility index (Phi) is 25.4. The molecule has 1 saturated heterocycles. The van der Waals surface area contributed by atoms with E-state index in [-0.39, 0.29) is 103 Å². The van der Waals surface area contributed by atoms with E-state index in [0.717, 1.165) is 46.2 Å². The Bertz CT molecular complexity index is 2750. The molecule has 23 heteroatoms. The molecule has 3 amide bonds. The molecule has 77 heavy (non-hydrogen) atoms. The molecule has 2 aliphatic rings. The summed E-state index contributed by atoms with van der Waals surface area (Å²) in [6.45, 7) is 8.37. The second-order valence-electron chi connectivity index (χ2n) is 18.5. The number of anilines is 1. The van der Waals surface area contributed by atoms with Crippen LogP contribution in [0.25, 0.3) is 22.4 Å². The number of carbonyl (C=O) groups is 3. The number of likely N-dealkylation sites (N-methyl/N-ethyl adjacent to an activating group) is 1. The number of hydrogen-bond donors (Lipinski definition) is 4. The maximum absolute atomic E-state index is 13.4. The molecular weight excluding hydrogens is 1010 g/mol. The van der Waals surface area contributed by atoms with E-state index in [4.69, 9.17) is 28.6 Å². The maximum Gasteiger partial charge on any atom is 1.00 e. The van der Waals surface area contributed by atoms with Crippen molar-refractivity contribution in [1.29, 1.82) is 0 Å². The Hall–Kier alpha value is -5.85. The van der Waals surface area contributed by atoms with Crippen LogP contribution in [0, 0.1) is 12.0 Å². The molecule has 1 atom stereocenters. The summed E-state index contributed by atoms with van der Waals surface area (Å²) >= 11 is 0. The van der Waals surface area contributed by atoms with E-state index < -0.39 is 18.6 Å². The number of alkyl halides is 3. The smallest absolute Gasteiger partial charge is 0.489 e. The fraction of sp³-hybridized carbons (Fsp3) is 0.481. The zero-order valence-corrected chi connectivity index (χ0v) is 46.9. The largest absolute Gasteiger partial charge is 1.00 e. The van der Waals surface area contributed by atoms with Crippen molar-refractivity contribution >= 4 is 34.3 Å². The molecule has 0 bridgehead atoms. The zero-order valence-electron chi connectivity index (χ0n) is 44.9. The van der Waals surface area contributed by atoms with Crippen molar-refractivity contribution in [3.05, 3.63) is 113 Å². The quantitative estimate of drug-likeness (QED) is 0.0438. The van der Waals surface area contributed by atoms with Gasteiger partial charge in [0, 0.05) is 50.9 Å². The van der Waals surface area contributed by atoms with Crippen molar-refractivity contribution in [2.24, 2.45) is 5.92 Å². The molecule has 0 spiro atoms. The molecule has 4 N–H and O–H groups in total. The standard InChI is InChI=1S/C47H53F3N9O8.C6H13N.CH4O.Na/c1-31(2)43-46(62)51-15-14-34-12-13-37(23-39(34)57(43)3)66-28-33-10-8-32(9-11-33)24-52-41(60)29-65-21-20-64-19-18-63-17-16-58-27-36(25-54-58)45(61)53-26-42-55-44(56-67-42)40-22-35-6-4-5-7-38(35)59(40)30-47(48,49)50;1-7-5-3-2-4-6-7;1-2;/h4-5,7-13,22-23,25,27,31,43H,14-21,24,26,28-30H2,1-3H3,(H,51,62)(H,52,60)(H,53,61);2-6H2,1H3;2H,1H3;/q-1;;;+1. The molecule has 0 saturated carbocycles. The number of nitrogens with zero attached hydrogens (tertiary/aromatic N) is 7. The predicted molar refractivity (Wildman–Crippen MR) is 278 cm³/mol. The number of likely N-dealkylation sites (tertiary alicyclic amines) is 1. The number of piperidine rings is 1. The van der Waals surface area contributed by atoms with E-state index in [2.05, 4.69) is 55.3 Å². The Morgan fingerprint density at radius 3 is 2.34 bits per heavy atom. The van der Waals surface area contributed by atoms with Gasteiger partial charge in [0.05, 0.1) is 57.9 Å². The van der Waals surface area contributed by atoms with Gasteiger partial charge in [0.2, 0.25) is 23.5 Å². The van der Waals surface area contributed by atoms with E-state index in [9.17, 15) is 27.6 Å². The molecule has 1 fully saturated rings. The van der Waals surface area contributed by atoms with Crippen LogP contribution in [0.1, 0.15) is 66.0 Å². The van der Waals surface area contributed by atoms with Crippen LogP contribution in [0.3, 0.4) is 0 Å². The molecule has 3 aromatic heterocycles. The van der Waals surface area contributed by atoms with Gasteiger partial charge in [0.1, 0.15) is 31.5 Å². The van der Waals surface area contributed by atoms with Gasteiger partial charge in [0.25, 0.3) is 5.91 Å². The van der Waals surface area contributed by atoms with Crippen molar-refractivity contribution in [3.63, 3.8) is 0 Å². The summed E-state index contributed by atoms with van der Waals surface area (Å²) in [7, 11) is 5.15. The molecule has 8 rings (SSSR count). The number of nitrogens with one attached hydrogen (secondary N) is 3. The number of halogens is 3. The van der Waals surface area contributed by atoms with Gasteiger partial charge in [-0.3, -0.25) is 19.1 Å². The first-order valence-electron chi connectivity index (χ1n) is 25.4. The fourth-order valence-electron chi connectivity index (χ4n) is 8.62. The number of aromatic nitrogens is 5. The van der Waals surface area contributed by atoms with Gasteiger partial charge in [0.15, 0.2) is 0 Å². The van der Waals surface area contributed by atoms with Crippen LogP contribution in [-0.2, 0) is 63.0 Å². The minimum atomic E-state index is -4.48. The number of rotatable bonds is 22. The summed E-state index contributed by atoms with van der Waals surface area (Å²) < 4.78 is 70.6. The molecule has 0 radical (unpaired) electrons. The SMILES string of the molecule is CC(C)C1C(=O)NCCc2ccc(OCc3ccc(CNC(=O)COCCOCCOCCn4cc(C(=O)NCc5nc(-c6cc7[c-]cccc7n6CC(F)(F)F)no5)cn4)cc3)cc2N1C.CN1CCCCC1.CO.[Na+]. The van der Waals surface area contributed by atoms with Crippen molar-refractivity contribution in [3.8, 4) is 17.3 Å². The van der Waals surface area contributed by atoms with Crippen molar-refractivity contribution < 1.29 is 85.7 Å². The third-order valence-electron chi connectivity index (χ3n) is 12.4. The van der Waals surface area contributed by atoms with Gasteiger partial charge in [-0.25, -0.2) is 0 Å². The Morgan fingerprint density at radius 2 is 1.64 bits per heavy atom. The summed E-state index contributed by atoms with van der Waals surface area (Å²) in [5.41, 5.74) is 4.78. The Balaban J connectivity index is 0.00000100. The average molecular weight is 1080 g/mol. The zero-order chi connectivity index (χ0) is 54.5. The van der Waals surface area contributed by atoms with Crippen LogP contribution < -0.4 is 55.1 Å². The number of aliphatic hydroxyl groups excluding tert-OH is 1. The molecule has 2 aliphatic heterocycles. The number of ether oxygens (including phenoxy) is 4. The third-order valence-corrected chi connectivity index (χ3v) is 12.4. The molecule has 0 aliphatic carbocycles. The Morgan fingerprint density at radius 1 is 0.922 bits per heavy atom. The molecular formula is C54H70F3N10NaO9. The summed E-state index contributed by atoms with van der Waals surface area (Å²) in [4.78, 5) is 46.4. The summed E-state index contributed by atoms with van der Waals surface area (Å²) in [5.74, 6) is 0.152. The van der Waals surface area contributed by atoms with Crippen LogP contribution in [0.5, 0.6) is 5.75 Å². The minimum absolute atomic E-state index is 0. The molecule has 3 aromatic carbocycles. The van der Waals surface area contributed by atoms with Gasteiger partial charge in [-0.05, 0) is 73.6 Å². The van der Waals surface area contributed by atoms with Crippen LogP contribution >= 0.6 is 0 Å². The van der Waals surface area contributed by atoms with Gasteiger partial charge < -0.3 is 58.9 Å². The molecule has 412 valence electrons. The second-order valence-corrected chi connectivity index (χ2v) is 18.5. The van der Waals surface area contributed by atoms with E-state index in [1.165, 1.54) is 44.6 Å². The van der Waals surface area contributed by atoms with E-state index >= 15 is 0 Å². The average Bonchev–Trinajstić information content (AvgIpc) is 4.18. The van der Waals surface area contributed by atoms with Crippen molar-refractivity contribution in [2.75, 3.05) is 85.4 Å². The monoisotopic (exact) mass is 1080 g/mol.